The normalized spacial score (nSPS) is 11.5. The predicted octanol–water partition coefficient (Wildman–Crippen LogP) is 39.2. The lowest BCUT2D eigenvalue weighted by Gasteiger charge is -2.30. The molecule has 0 aliphatic rings. The molecule has 0 aliphatic heterocycles. The zero-order valence-corrected chi connectivity index (χ0v) is 80.1. The lowest BCUT2D eigenvalue weighted by Crippen LogP contribution is -2.12. The van der Waals surface area contributed by atoms with Gasteiger partial charge in [-0.05, 0) is 320 Å². The van der Waals surface area contributed by atoms with Gasteiger partial charge in [0.15, 0.2) is 0 Å². The molecule has 24 aromatic rings. The molecule has 0 saturated carbocycles. The summed E-state index contributed by atoms with van der Waals surface area (Å²) in [4.78, 5) is 8.75. The van der Waals surface area contributed by atoms with Gasteiger partial charge in [0, 0.05) is 112 Å². The molecular weight excluding hydrogens is 1820 g/mol. The van der Waals surface area contributed by atoms with Gasteiger partial charge >= 0.3 is 0 Å². The summed E-state index contributed by atoms with van der Waals surface area (Å²) in [5, 5.41) is 12.2. The molecule has 0 heterocycles. The van der Waals surface area contributed by atoms with E-state index in [1.807, 2.05) is 135 Å². The molecule has 0 bridgehead atoms. The Bertz CT molecular complexity index is 8340. The van der Waals surface area contributed by atoms with E-state index < -0.39 is 0 Å². The molecule has 4 nitrogen and oxygen atoms in total. The molecule has 0 saturated heterocycles. The van der Waals surface area contributed by atoms with Gasteiger partial charge in [-0.25, -0.2) is 35.1 Å². The van der Waals surface area contributed by atoms with E-state index >= 15 is 35.1 Å². The lowest BCUT2D eigenvalue weighted by molar-refractivity contribution is 0.630. The maximum absolute atomic E-state index is 15.8. The van der Waals surface area contributed by atoms with Crippen molar-refractivity contribution in [1.82, 2.24) is 0 Å². The second-order valence-electron chi connectivity index (χ2n) is 37.1. The van der Waals surface area contributed by atoms with Gasteiger partial charge in [-0.1, -0.05) is 292 Å². The van der Waals surface area contributed by atoms with Crippen molar-refractivity contribution in [2.45, 2.75) is 40.5 Å². The van der Waals surface area contributed by atoms with E-state index in [0.717, 1.165) is 157 Å². The van der Waals surface area contributed by atoms with Crippen LogP contribution in [0, 0.1) is 60.4 Å². The minimum absolute atomic E-state index is 0.376. The fraction of sp³-hybridized carbons (Fsp3) is 0.0448. The number of anilines is 12. The highest BCUT2D eigenvalue weighted by Crippen LogP contribution is 2.54. The molecule has 0 radical (unpaired) electrons. The molecule has 0 unspecified atom stereocenters. The average Bonchev–Trinajstić information content (AvgIpc) is 0.719. The zero-order chi connectivity index (χ0) is 99.5. The van der Waals surface area contributed by atoms with Crippen molar-refractivity contribution in [3.05, 3.63) is 530 Å². The third kappa shape index (κ3) is 17.2. The molecule has 0 fully saturated rings. The summed E-state index contributed by atoms with van der Waals surface area (Å²) < 4.78 is 126. The van der Waals surface area contributed by atoms with Crippen LogP contribution in [0.15, 0.2) is 461 Å². The van der Waals surface area contributed by atoms with Crippen molar-refractivity contribution in [3.63, 3.8) is 0 Å². The van der Waals surface area contributed by atoms with Crippen LogP contribution in [0.3, 0.4) is 0 Å². The summed E-state index contributed by atoms with van der Waals surface area (Å²) in [7, 11) is 0. The molecule has 146 heavy (non-hydrogen) atoms. The number of halogens is 8. The minimum Gasteiger partial charge on any atom is -0.310 e. The molecule has 704 valence electrons. The summed E-state index contributed by atoms with van der Waals surface area (Å²) in [6, 6.07) is 145. The van der Waals surface area contributed by atoms with Gasteiger partial charge in [0.25, 0.3) is 0 Å². The fourth-order valence-corrected chi connectivity index (χ4v) is 20.9. The Labute approximate surface area is 841 Å². The summed E-state index contributed by atoms with van der Waals surface area (Å²) >= 11 is 0. The van der Waals surface area contributed by atoms with Crippen molar-refractivity contribution in [2.75, 3.05) is 19.6 Å². The summed E-state index contributed by atoms with van der Waals surface area (Å²) in [6.45, 7) is 8.36. The van der Waals surface area contributed by atoms with Gasteiger partial charge in [-0.15, -0.1) is 0 Å². The minimum atomic E-state index is -0.378. The molecule has 24 rings (SSSR count). The Morgan fingerprint density at radius 3 is 0.500 bits per heavy atom. The Morgan fingerprint density at radius 1 is 0.164 bits per heavy atom. The van der Waals surface area contributed by atoms with Crippen LogP contribution < -0.4 is 19.6 Å². The van der Waals surface area contributed by atoms with Gasteiger partial charge in [-0.2, -0.15) is 0 Å². The molecule has 0 amide bonds. The van der Waals surface area contributed by atoms with Crippen LogP contribution in [-0.4, -0.2) is 0 Å². The maximum atomic E-state index is 15.8. The van der Waals surface area contributed by atoms with Gasteiger partial charge in [0.05, 0.1) is 22.7 Å². The van der Waals surface area contributed by atoms with E-state index in [9.17, 15) is 0 Å². The van der Waals surface area contributed by atoms with Crippen molar-refractivity contribution >= 4 is 133 Å². The van der Waals surface area contributed by atoms with Gasteiger partial charge in [0.1, 0.15) is 46.5 Å². The highest BCUT2D eigenvalue weighted by atomic mass is 19.2. The topological polar surface area (TPSA) is 13.0 Å². The molecule has 0 N–H and O–H groups in total. The van der Waals surface area contributed by atoms with Crippen LogP contribution in [0.4, 0.5) is 103 Å². The molecule has 0 spiro atoms. The van der Waals surface area contributed by atoms with Crippen LogP contribution >= 0.6 is 0 Å². The van der Waals surface area contributed by atoms with E-state index in [1.165, 1.54) is 59.7 Å². The average molecular weight is 1910 g/mol. The maximum Gasteiger partial charge on any atom is 0.131 e. The number of hydrogen-bond acceptors (Lipinski definition) is 4. The largest absolute Gasteiger partial charge is 0.310 e. The highest BCUT2D eigenvalue weighted by Gasteiger charge is 2.30. The summed E-state index contributed by atoms with van der Waals surface area (Å²) in [5.41, 5.74) is 22.6. The van der Waals surface area contributed by atoms with E-state index in [4.69, 9.17) is 0 Å². The van der Waals surface area contributed by atoms with Crippen molar-refractivity contribution < 1.29 is 35.1 Å². The van der Waals surface area contributed by atoms with E-state index in [2.05, 4.69) is 228 Å². The first-order chi connectivity index (χ1) is 71.4. The Balaban J connectivity index is 0.000000161. The van der Waals surface area contributed by atoms with Gasteiger partial charge in [0.2, 0.25) is 0 Å². The van der Waals surface area contributed by atoms with Crippen LogP contribution in [0.2, 0.25) is 0 Å². The SMILES string of the molecule is CCc1ccc(N(c2cc(-c3ccccc3F)cc(-c3ccccc3F)c2)c2ccc3ccc4c(N(c5ccc(CC)cc5)c5cc(-c6ccccc6F)cc(-c6ccccc6F)c5)ccc5ccc2c3c54)cc1.Cc1ccc(N(c2cc(-c3ccccc3F)cc(-c3ccccc3F)c2)c2ccc3ccc4c(N(c5ccc(C)cc5)c5cc(-c6ccccc6F)cc(-c6ccccc6F)c5)ccc5ccc2c3c54)cc1. The second kappa shape index (κ2) is 38.8. The standard InChI is InChI=1S/C68H48F4N2.C66H44F4N2/c1-3-43-21-29-51(30-22-43)73(53-39-47(55-13-5-9-17-61(55)69)37-48(40-53)56-14-6-10-18-62(56)70)65-35-27-45-26-34-60-66(36-28-46-25-33-59(65)67(45)68(46)60)74(52-31-23-44(4-2)24-32-52)54-41-49(57-15-7-11-19-63(57)71)38-50(42-54)58-16-8-12-20-64(58)72;1-41-19-27-49(28-20-41)71(51-37-45(53-11-3-7-15-59(53)67)35-46(38-51)54-12-4-8-16-60(54)68)63-33-25-43-24-32-58-64(34-26-44-23-31-57(63)65(43)66(44)58)72(50-29-21-42(2)22-30-50)52-39-47(55-13-5-9-17-61(55)69)36-48(40-52)56-14-6-10-18-62(56)70/h5-42H,3-4H2,1-2H3;3-40H,1-2H3. The highest BCUT2D eigenvalue weighted by molar-refractivity contribution is 6.30. The smallest absolute Gasteiger partial charge is 0.131 e. The zero-order valence-electron chi connectivity index (χ0n) is 80.1. The summed E-state index contributed by atoms with van der Waals surface area (Å²) in [5.74, 6) is -3.02. The molecule has 0 aliphatic carbocycles. The quantitative estimate of drug-likeness (QED) is 0.0495. The number of nitrogens with zero attached hydrogens (tertiary/aromatic N) is 4. The number of benzene rings is 24. The number of aryl methyl sites for hydroxylation is 4. The van der Waals surface area contributed by atoms with Crippen LogP contribution in [0.1, 0.15) is 36.1 Å². The molecule has 0 aromatic heterocycles. The second-order valence-corrected chi connectivity index (χ2v) is 37.1. The monoisotopic (exact) mass is 1910 g/mol. The first-order valence-electron chi connectivity index (χ1n) is 48.9. The van der Waals surface area contributed by atoms with Gasteiger partial charge < -0.3 is 19.6 Å². The molecule has 12 heteroatoms. The fourth-order valence-electron chi connectivity index (χ4n) is 20.9. The first kappa shape index (κ1) is 91.8. The Kier molecular flexibility index (Phi) is 24.4. The molecular formula is C134H92F8N4. The molecule has 0 atom stereocenters. The summed E-state index contributed by atoms with van der Waals surface area (Å²) in [6.07, 6.45) is 1.72. The van der Waals surface area contributed by atoms with Crippen molar-refractivity contribution in [1.29, 1.82) is 0 Å². The molecule has 24 aromatic carbocycles. The number of rotatable bonds is 22. The van der Waals surface area contributed by atoms with E-state index in [-0.39, 0.29) is 46.5 Å². The Morgan fingerprint density at radius 2 is 0.329 bits per heavy atom. The van der Waals surface area contributed by atoms with Crippen molar-refractivity contribution in [3.8, 4) is 89.0 Å². The Hall–Kier alpha value is -18.0. The van der Waals surface area contributed by atoms with Gasteiger partial charge in [-0.3, -0.25) is 0 Å². The van der Waals surface area contributed by atoms with E-state index in [1.54, 1.807) is 97.1 Å². The van der Waals surface area contributed by atoms with Crippen molar-refractivity contribution in [2.24, 2.45) is 0 Å². The third-order valence-electron chi connectivity index (χ3n) is 28.2. The van der Waals surface area contributed by atoms with Crippen LogP contribution in [0.5, 0.6) is 0 Å². The third-order valence-corrected chi connectivity index (χ3v) is 28.2. The number of hydrogen-bond donors (Lipinski definition) is 0. The lowest BCUT2D eigenvalue weighted by atomic mass is 9.91. The van der Waals surface area contributed by atoms with Crippen LogP contribution in [-0.2, 0) is 12.8 Å². The first-order valence-corrected chi connectivity index (χ1v) is 48.9. The van der Waals surface area contributed by atoms with Crippen LogP contribution in [0.25, 0.3) is 154 Å². The predicted molar refractivity (Wildman–Crippen MR) is 590 cm³/mol. The van der Waals surface area contributed by atoms with E-state index in [0.29, 0.717) is 89.0 Å².